The molecule has 0 saturated carbocycles. The molecule has 0 aliphatic carbocycles. The molecule has 6 nitrogen and oxygen atoms in total. The van der Waals surface area contributed by atoms with Crippen molar-refractivity contribution in [1.82, 2.24) is 5.32 Å². The van der Waals surface area contributed by atoms with Crippen LogP contribution in [0.25, 0.3) is 6.08 Å². The van der Waals surface area contributed by atoms with Gasteiger partial charge in [-0.2, -0.15) is 8.78 Å². The fourth-order valence-electron chi connectivity index (χ4n) is 2.78. The third-order valence-corrected chi connectivity index (χ3v) is 4.07. The van der Waals surface area contributed by atoms with Gasteiger partial charge >= 0.3 is 6.61 Å². The summed E-state index contributed by atoms with van der Waals surface area (Å²) in [7, 11) is 0. The van der Waals surface area contributed by atoms with E-state index in [-0.39, 0.29) is 36.0 Å². The van der Waals surface area contributed by atoms with Gasteiger partial charge in [0.15, 0.2) is 11.5 Å². The van der Waals surface area contributed by atoms with E-state index in [9.17, 15) is 18.4 Å². The summed E-state index contributed by atoms with van der Waals surface area (Å²) in [6.45, 7) is 4.59. The minimum Gasteiger partial charge on any atom is -0.490 e. The number of carbonyl (C=O) groups excluding carboxylic acids is 2. The topological polar surface area (TPSA) is 76.7 Å². The second kappa shape index (κ2) is 11.1. The second-order valence-electron chi connectivity index (χ2n) is 7.00. The summed E-state index contributed by atoms with van der Waals surface area (Å²) in [5.41, 5.74) is 2.40. The first-order valence-corrected chi connectivity index (χ1v) is 9.81. The number of aryl methyl sites for hydroxylation is 1. The molecular weight excluding hydrogens is 406 g/mol. The zero-order chi connectivity index (χ0) is 23.0. The van der Waals surface area contributed by atoms with E-state index in [2.05, 4.69) is 15.4 Å². The van der Waals surface area contributed by atoms with Gasteiger partial charge in [0, 0.05) is 23.4 Å². The van der Waals surface area contributed by atoms with E-state index in [1.165, 1.54) is 30.4 Å². The van der Waals surface area contributed by atoms with Gasteiger partial charge in [-0.3, -0.25) is 9.59 Å². The first-order valence-electron chi connectivity index (χ1n) is 9.81. The lowest BCUT2D eigenvalue weighted by Gasteiger charge is -2.12. The van der Waals surface area contributed by atoms with E-state index in [4.69, 9.17) is 4.74 Å². The van der Waals surface area contributed by atoms with Crippen LogP contribution in [0.2, 0.25) is 0 Å². The average Bonchev–Trinajstić information content (AvgIpc) is 2.67. The molecule has 2 N–H and O–H groups in total. The van der Waals surface area contributed by atoms with E-state index in [1.807, 2.05) is 13.8 Å². The smallest absolute Gasteiger partial charge is 0.387 e. The quantitative estimate of drug-likeness (QED) is 0.559. The van der Waals surface area contributed by atoms with Crippen LogP contribution in [-0.4, -0.2) is 31.1 Å². The fraction of sp³-hybridized carbons (Fsp3) is 0.304. The van der Waals surface area contributed by atoms with Gasteiger partial charge in [-0.1, -0.05) is 6.07 Å². The zero-order valence-corrected chi connectivity index (χ0v) is 17.9. The molecule has 31 heavy (non-hydrogen) atoms. The third-order valence-electron chi connectivity index (χ3n) is 4.07. The van der Waals surface area contributed by atoms with Crippen molar-refractivity contribution < 1.29 is 27.8 Å². The lowest BCUT2D eigenvalue weighted by atomic mass is 10.1. The molecule has 0 bridgehead atoms. The molecule has 0 spiro atoms. The summed E-state index contributed by atoms with van der Waals surface area (Å²) in [5.74, 6) is -0.467. The van der Waals surface area contributed by atoms with Crippen LogP contribution in [0.1, 0.15) is 42.3 Å². The first-order chi connectivity index (χ1) is 14.7. The molecule has 2 aromatic carbocycles. The van der Waals surface area contributed by atoms with Crippen LogP contribution in [-0.2, 0) is 4.79 Å². The Morgan fingerprint density at radius 2 is 1.84 bits per heavy atom. The fourth-order valence-corrected chi connectivity index (χ4v) is 2.78. The molecule has 0 unspecified atom stereocenters. The summed E-state index contributed by atoms with van der Waals surface area (Å²) in [6, 6.07) is 9.45. The van der Waals surface area contributed by atoms with E-state index in [0.717, 1.165) is 5.56 Å². The van der Waals surface area contributed by atoms with Crippen LogP contribution in [0, 0.1) is 6.92 Å². The zero-order valence-electron chi connectivity index (χ0n) is 17.9. The van der Waals surface area contributed by atoms with Gasteiger partial charge in [-0.25, -0.2) is 0 Å². The monoisotopic (exact) mass is 432 g/mol. The Bertz CT molecular complexity index is 959. The van der Waals surface area contributed by atoms with Gasteiger partial charge in [0.1, 0.15) is 0 Å². The molecule has 0 saturated heterocycles. The molecule has 0 aliphatic rings. The van der Waals surface area contributed by atoms with E-state index in [1.54, 1.807) is 32.0 Å². The molecule has 0 aliphatic heterocycles. The Balaban J connectivity index is 2.07. The van der Waals surface area contributed by atoms with Crippen molar-refractivity contribution in [2.24, 2.45) is 0 Å². The molecule has 166 valence electrons. The largest absolute Gasteiger partial charge is 0.490 e. The Morgan fingerprint density at radius 1 is 1.10 bits per heavy atom. The van der Waals surface area contributed by atoms with Crippen molar-refractivity contribution in [3.8, 4) is 11.5 Å². The standard InChI is InChI=1S/C23H26F2N2O4/c1-5-30-20-13-16(6-10-19(20)31-23(24)25)7-11-21(28)27-17-8-9-18(15(4)12-17)22(29)26-14(2)3/h6-14,23H,5H2,1-4H3,(H,26,29)(H,27,28)/b11-7+. The number of ether oxygens (including phenoxy) is 2. The summed E-state index contributed by atoms with van der Waals surface area (Å²) in [5, 5.41) is 5.55. The third kappa shape index (κ3) is 7.40. The van der Waals surface area contributed by atoms with Gasteiger partial charge < -0.3 is 20.1 Å². The number of nitrogens with one attached hydrogen (secondary N) is 2. The molecule has 8 heteroatoms. The van der Waals surface area contributed by atoms with Crippen molar-refractivity contribution >= 4 is 23.6 Å². The molecule has 2 aromatic rings. The Hall–Kier alpha value is -3.42. The maximum absolute atomic E-state index is 12.5. The van der Waals surface area contributed by atoms with Gasteiger partial charge in [0.25, 0.3) is 5.91 Å². The highest BCUT2D eigenvalue weighted by molar-refractivity contribution is 6.02. The molecule has 0 aromatic heterocycles. The van der Waals surface area contributed by atoms with Crippen LogP contribution in [0.5, 0.6) is 11.5 Å². The molecule has 0 atom stereocenters. The van der Waals surface area contributed by atoms with Gasteiger partial charge in [-0.05, 0) is 75.2 Å². The lowest BCUT2D eigenvalue weighted by molar-refractivity contribution is -0.111. The van der Waals surface area contributed by atoms with Crippen molar-refractivity contribution in [3.63, 3.8) is 0 Å². The van der Waals surface area contributed by atoms with Crippen molar-refractivity contribution in [3.05, 3.63) is 59.2 Å². The number of hydrogen-bond donors (Lipinski definition) is 2. The maximum Gasteiger partial charge on any atom is 0.387 e. The van der Waals surface area contributed by atoms with Crippen LogP contribution < -0.4 is 20.1 Å². The van der Waals surface area contributed by atoms with E-state index in [0.29, 0.717) is 16.8 Å². The number of amides is 2. The van der Waals surface area contributed by atoms with E-state index < -0.39 is 6.61 Å². The number of alkyl halides is 2. The van der Waals surface area contributed by atoms with E-state index >= 15 is 0 Å². The highest BCUT2D eigenvalue weighted by Crippen LogP contribution is 2.30. The summed E-state index contributed by atoms with van der Waals surface area (Å²) in [4.78, 5) is 24.4. The van der Waals surface area contributed by atoms with Crippen LogP contribution in [0.4, 0.5) is 14.5 Å². The van der Waals surface area contributed by atoms with Crippen LogP contribution in [0.3, 0.4) is 0 Å². The summed E-state index contributed by atoms with van der Waals surface area (Å²) < 4.78 is 34.7. The van der Waals surface area contributed by atoms with Gasteiger partial charge in [-0.15, -0.1) is 0 Å². The minimum atomic E-state index is -2.96. The van der Waals surface area contributed by atoms with Gasteiger partial charge in [0.05, 0.1) is 6.61 Å². The number of halogens is 2. The minimum absolute atomic E-state index is 0.0238. The number of hydrogen-bond acceptors (Lipinski definition) is 4. The molecule has 2 rings (SSSR count). The molecular formula is C23H26F2N2O4. The summed E-state index contributed by atoms with van der Waals surface area (Å²) >= 11 is 0. The second-order valence-corrected chi connectivity index (χ2v) is 7.00. The highest BCUT2D eigenvalue weighted by atomic mass is 19.3. The molecule has 0 fully saturated rings. The Labute approximate surface area is 180 Å². The van der Waals surface area contributed by atoms with Crippen molar-refractivity contribution in [2.45, 2.75) is 40.3 Å². The van der Waals surface area contributed by atoms with Crippen molar-refractivity contribution in [2.75, 3.05) is 11.9 Å². The highest BCUT2D eigenvalue weighted by Gasteiger charge is 2.12. The predicted molar refractivity (Wildman–Crippen MR) is 116 cm³/mol. The number of anilines is 1. The predicted octanol–water partition coefficient (Wildman–Crippen LogP) is 4.79. The molecule has 0 heterocycles. The normalized spacial score (nSPS) is 11.1. The molecule has 2 amide bonds. The first kappa shape index (κ1) is 23.9. The van der Waals surface area contributed by atoms with Crippen LogP contribution >= 0.6 is 0 Å². The maximum atomic E-state index is 12.5. The van der Waals surface area contributed by atoms with Crippen LogP contribution in [0.15, 0.2) is 42.5 Å². The average molecular weight is 432 g/mol. The lowest BCUT2D eigenvalue weighted by Crippen LogP contribution is -2.30. The Morgan fingerprint density at radius 3 is 2.45 bits per heavy atom. The molecule has 0 radical (unpaired) electrons. The number of rotatable bonds is 9. The van der Waals surface area contributed by atoms with Gasteiger partial charge in [0.2, 0.25) is 5.91 Å². The van der Waals surface area contributed by atoms with Crippen molar-refractivity contribution in [1.29, 1.82) is 0 Å². The SMILES string of the molecule is CCOc1cc(/C=C/C(=O)Nc2ccc(C(=O)NC(C)C)c(C)c2)ccc1OC(F)F. The number of benzene rings is 2. The number of carbonyl (C=O) groups is 2. The summed E-state index contributed by atoms with van der Waals surface area (Å²) in [6.07, 6.45) is 2.84. The Kier molecular flexibility index (Phi) is 8.54.